The summed E-state index contributed by atoms with van der Waals surface area (Å²) in [4.78, 5) is 0. The largest absolute Gasteiger partial charge is 0.386 e. The highest BCUT2D eigenvalue weighted by Crippen LogP contribution is 2.21. The zero-order chi connectivity index (χ0) is 14.7. The summed E-state index contributed by atoms with van der Waals surface area (Å²) in [6, 6.07) is 7.85. The summed E-state index contributed by atoms with van der Waals surface area (Å²) in [6.07, 6.45) is -1.36. The molecule has 2 rings (SSSR count). The van der Waals surface area contributed by atoms with Gasteiger partial charge in [-0.15, -0.1) is 0 Å². The lowest BCUT2D eigenvalue weighted by Crippen LogP contribution is -2.15. The highest BCUT2D eigenvalue weighted by Gasteiger charge is 2.17. The molecule has 0 spiro atoms. The average Bonchev–Trinajstić information content (AvgIpc) is 2.40. The van der Waals surface area contributed by atoms with Gasteiger partial charge in [0.2, 0.25) is 0 Å². The quantitative estimate of drug-likeness (QED) is 0.898. The fraction of sp³-hybridized carbons (Fsp3) is 0.200. The standard InChI is InChI=1S/C15H14F3NO/c1-9-5-6-10(7-13(9)18)19-8-14(20)15-11(16)3-2-4-12(15)17/h2-7,14,19-20H,8H2,1H3. The van der Waals surface area contributed by atoms with Crippen LogP contribution in [0.15, 0.2) is 36.4 Å². The fourth-order valence-corrected chi connectivity index (χ4v) is 1.85. The van der Waals surface area contributed by atoms with E-state index in [0.717, 1.165) is 12.1 Å². The number of aliphatic hydroxyl groups is 1. The van der Waals surface area contributed by atoms with Crippen LogP contribution in [0.1, 0.15) is 17.2 Å². The Morgan fingerprint density at radius 3 is 2.30 bits per heavy atom. The Bertz CT molecular complexity index is 596. The van der Waals surface area contributed by atoms with E-state index >= 15 is 0 Å². The molecule has 0 aliphatic carbocycles. The number of hydrogen-bond donors (Lipinski definition) is 2. The highest BCUT2D eigenvalue weighted by atomic mass is 19.1. The van der Waals surface area contributed by atoms with Crippen molar-refractivity contribution in [1.29, 1.82) is 0 Å². The van der Waals surface area contributed by atoms with Crippen molar-refractivity contribution >= 4 is 5.69 Å². The number of aryl methyl sites for hydroxylation is 1. The van der Waals surface area contributed by atoms with Gasteiger partial charge >= 0.3 is 0 Å². The van der Waals surface area contributed by atoms with Gasteiger partial charge in [-0.05, 0) is 36.8 Å². The molecule has 2 nitrogen and oxygen atoms in total. The van der Waals surface area contributed by atoms with Crippen LogP contribution in [0.25, 0.3) is 0 Å². The number of rotatable bonds is 4. The van der Waals surface area contributed by atoms with Crippen molar-refractivity contribution in [3.63, 3.8) is 0 Å². The maximum absolute atomic E-state index is 13.5. The maximum atomic E-state index is 13.5. The molecule has 1 unspecified atom stereocenters. The van der Waals surface area contributed by atoms with Crippen LogP contribution in [0, 0.1) is 24.4 Å². The van der Waals surface area contributed by atoms with Crippen LogP contribution in [0.2, 0.25) is 0 Å². The zero-order valence-corrected chi connectivity index (χ0v) is 10.8. The van der Waals surface area contributed by atoms with Crippen molar-refractivity contribution in [2.45, 2.75) is 13.0 Å². The number of halogens is 3. The van der Waals surface area contributed by atoms with Crippen molar-refractivity contribution in [2.24, 2.45) is 0 Å². The summed E-state index contributed by atoms with van der Waals surface area (Å²) in [5.41, 5.74) is 0.535. The molecular weight excluding hydrogens is 267 g/mol. The van der Waals surface area contributed by atoms with E-state index in [1.807, 2.05) is 0 Å². The van der Waals surface area contributed by atoms with E-state index in [2.05, 4.69) is 5.32 Å². The first-order valence-corrected chi connectivity index (χ1v) is 6.11. The van der Waals surface area contributed by atoms with Crippen LogP contribution in [-0.2, 0) is 0 Å². The summed E-state index contributed by atoms with van der Waals surface area (Å²) in [5, 5.41) is 12.6. The van der Waals surface area contributed by atoms with Gasteiger partial charge in [0.25, 0.3) is 0 Å². The van der Waals surface area contributed by atoms with Crippen molar-refractivity contribution in [3.05, 3.63) is 65.0 Å². The van der Waals surface area contributed by atoms with Gasteiger partial charge in [0.15, 0.2) is 0 Å². The Morgan fingerprint density at radius 1 is 1.05 bits per heavy atom. The van der Waals surface area contributed by atoms with Gasteiger partial charge in [-0.3, -0.25) is 0 Å². The third-order valence-corrected chi connectivity index (χ3v) is 3.00. The van der Waals surface area contributed by atoms with Crippen molar-refractivity contribution in [3.8, 4) is 0 Å². The monoisotopic (exact) mass is 281 g/mol. The topological polar surface area (TPSA) is 32.3 Å². The second-order valence-corrected chi connectivity index (χ2v) is 4.50. The molecule has 2 aromatic carbocycles. The molecule has 0 radical (unpaired) electrons. The van der Waals surface area contributed by atoms with Gasteiger partial charge in [0, 0.05) is 12.2 Å². The molecule has 106 valence electrons. The number of nitrogens with one attached hydrogen (secondary N) is 1. The molecule has 0 aliphatic heterocycles. The molecule has 0 aliphatic rings. The first-order chi connectivity index (χ1) is 9.49. The van der Waals surface area contributed by atoms with E-state index in [1.54, 1.807) is 19.1 Å². The van der Waals surface area contributed by atoms with Crippen molar-refractivity contribution < 1.29 is 18.3 Å². The molecule has 5 heteroatoms. The lowest BCUT2D eigenvalue weighted by Gasteiger charge is -2.15. The van der Waals surface area contributed by atoms with Gasteiger partial charge in [-0.2, -0.15) is 0 Å². The Morgan fingerprint density at radius 2 is 1.70 bits per heavy atom. The molecule has 1 atom stereocenters. The average molecular weight is 281 g/mol. The predicted molar refractivity (Wildman–Crippen MR) is 70.9 cm³/mol. The molecule has 0 bridgehead atoms. The number of hydrogen-bond acceptors (Lipinski definition) is 2. The fourth-order valence-electron chi connectivity index (χ4n) is 1.85. The van der Waals surface area contributed by atoms with Gasteiger partial charge < -0.3 is 10.4 Å². The Kier molecular flexibility index (Phi) is 4.29. The molecule has 2 N–H and O–H groups in total. The molecule has 0 amide bonds. The van der Waals surface area contributed by atoms with E-state index in [9.17, 15) is 18.3 Å². The Labute approximate surface area is 114 Å². The summed E-state index contributed by atoms with van der Waals surface area (Å²) in [7, 11) is 0. The number of benzene rings is 2. The molecule has 20 heavy (non-hydrogen) atoms. The second kappa shape index (κ2) is 5.96. The minimum absolute atomic E-state index is 0.125. The van der Waals surface area contributed by atoms with E-state index in [-0.39, 0.29) is 12.4 Å². The summed E-state index contributed by atoms with van der Waals surface area (Å²) in [6.45, 7) is 1.50. The summed E-state index contributed by atoms with van der Waals surface area (Å²) >= 11 is 0. The smallest absolute Gasteiger partial charge is 0.132 e. The van der Waals surface area contributed by atoms with E-state index in [0.29, 0.717) is 11.3 Å². The molecule has 0 aromatic heterocycles. The molecule has 2 aromatic rings. The Hall–Kier alpha value is -2.01. The molecular formula is C15H14F3NO. The lowest BCUT2D eigenvalue weighted by molar-refractivity contribution is 0.181. The minimum atomic E-state index is -1.36. The van der Waals surface area contributed by atoms with Gasteiger partial charge in [0.05, 0.1) is 5.56 Å². The summed E-state index contributed by atoms with van der Waals surface area (Å²) < 4.78 is 40.2. The highest BCUT2D eigenvalue weighted by molar-refractivity contribution is 5.45. The predicted octanol–water partition coefficient (Wildman–Crippen LogP) is 3.56. The lowest BCUT2D eigenvalue weighted by atomic mass is 10.1. The van der Waals surface area contributed by atoms with Crippen LogP contribution >= 0.6 is 0 Å². The molecule has 0 heterocycles. The van der Waals surface area contributed by atoms with Crippen LogP contribution < -0.4 is 5.32 Å². The van der Waals surface area contributed by atoms with Crippen LogP contribution in [0.5, 0.6) is 0 Å². The zero-order valence-electron chi connectivity index (χ0n) is 10.8. The first-order valence-electron chi connectivity index (χ1n) is 6.11. The first kappa shape index (κ1) is 14.4. The molecule has 0 saturated carbocycles. The van der Waals surface area contributed by atoms with Crippen LogP contribution in [-0.4, -0.2) is 11.7 Å². The van der Waals surface area contributed by atoms with E-state index < -0.39 is 23.3 Å². The third kappa shape index (κ3) is 3.11. The molecule has 0 saturated heterocycles. The van der Waals surface area contributed by atoms with E-state index in [1.165, 1.54) is 12.1 Å². The normalized spacial score (nSPS) is 12.2. The second-order valence-electron chi connectivity index (χ2n) is 4.50. The third-order valence-electron chi connectivity index (χ3n) is 3.00. The van der Waals surface area contributed by atoms with Gasteiger partial charge in [-0.25, -0.2) is 13.2 Å². The van der Waals surface area contributed by atoms with Crippen LogP contribution in [0.3, 0.4) is 0 Å². The maximum Gasteiger partial charge on any atom is 0.132 e. The van der Waals surface area contributed by atoms with Gasteiger partial charge in [-0.1, -0.05) is 12.1 Å². The van der Waals surface area contributed by atoms with Crippen molar-refractivity contribution in [1.82, 2.24) is 0 Å². The molecule has 0 fully saturated rings. The summed E-state index contributed by atoms with van der Waals surface area (Å²) in [5.74, 6) is -2.01. The van der Waals surface area contributed by atoms with Gasteiger partial charge in [0.1, 0.15) is 23.6 Å². The Balaban J connectivity index is 2.08. The van der Waals surface area contributed by atoms with Crippen LogP contribution in [0.4, 0.5) is 18.9 Å². The van der Waals surface area contributed by atoms with E-state index in [4.69, 9.17) is 0 Å². The SMILES string of the molecule is Cc1ccc(NCC(O)c2c(F)cccc2F)cc1F. The van der Waals surface area contributed by atoms with Crippen molar-refractivity contribution in [2.75, 3.05) is 11.9 Å². The number of anilines is 1. The number of aliphatic hydroxyl groups excluding tert-OH is 1. The minimum Gasteiger partial charge on any atom is -0.386 e.